The smallest absolute Gasteiger partial charge is 0.271 e. The van der Waals surface area contributed by atoms with Crippen LogP contribution in [0.5, 0.6) is 5.75 Å². The third-order valence-corrected chi connectivity index (χ3v) is 5.96. The van der Waals surface area contributed by atoms with Gasteiger partial charge in [-0.3, -0.25) is 19.6 Å². The average Bonchev–Trinajstić information content (AvgIpc) is 2.73. The second-order valence-electron chi connectivity index (χ2n) is 6.70. The number of anilines is 1. The van der Waals surface area contributed by atoms with Crippen LogP contribution in [0.15, 0.2) is 47.4 Å². The molecule has 30 heavy (non-hydrogen) atoms. The molecule has 1 N–H and O–H groups in total. The van der Waals surface area contributed by atoms with E-state index in [4.69, 9.17) is 9.47 Å². The Morgan fingerprint density at radius 2 is 1.97 bits per heavy atom. The fourth-order valence-corrected chi connectivity index (χ4v) is 4.12. The number of sulfonamides is 1. The lowest BCUT2D eigenvalue weighted by molar-refractivity contribution is -0.384. The van der Waals surface area contributed by atoms with E-state index in [0.717, 1.165) is 6.07 Å². The Balaban J connectivity index is 1.81. The number of benzene rings is 2. The molecule has 10 nitrogen and oxygen atoms in total. The molecule has 1 fully saturated rings. The molecule has 0 bridgehead atoms. The van der Waals surface area contributed by atoms with Gasteiger partial charge in [0.2, 0.25) is 0 Å². The summed E-state index contributed by atoms with van der Waals surface area (Å²) < 4.78 is 38.3. The molecule has 0 aromatic heterocycles. The van der Waals surface area contributed by atoms with Gasteiger partial charge in [-0.1, -0.05) is 0 Å². The molecular formula is C19H21N3O7S. The molecule has 1 aliphatic heterocycles. The molecule has 160 valence electrons. The molecule has 0 radical (unpaired) electrons. The van der Waals surface area contributed by atoms with E-state index in [1.807, 2.05) is 6.92 Å². The van der Waals surface area contributed by atoms with Crippen molar-refractivity contribution in [3.63, 3.8) is 0 Å². The second-order valence-corrected chi connectivity index (χ2v) is 8.39. The molecule has 1 heterocycles. The zero-order valence-electron chi connectivity index (χ0n) is 16.4. The van der Waals surface area contributed by atoms with Gasteiger partial charge in [0, 0.05) is 30.8 Å². The Hall–Kier alpha value is -3.18. The highest BCUT2D eigenvalue weighted by molar-refractivity contribution is 7.92. The minimum absolute atomic E-state index is 0.0588. The summed E-state index contributed by atoms with van der Waals surface area (Å²) in [6.07, 6.45) is -0.0588. The summed E-state index contributed by atoms with van der Waals surface area (Å²) in [7, 11) is -2.74. The highest BCUT2D eigenvalue weighted by Crippen LogP contribution is 2.31. The van der Waals surface area contributed by atoms with E-state index < -0.39 is 14.9 Å². The van der Waals surface area contributed by atoms with Crippen molar-refractivity contribution in [3.05, 3.63) is 58.1 Å². The molecule has 11 heteroatoms. The van der Waals surface area contributed by atoms with Crippen LogP contribution < -0.4 is 9.46 Å². The Kier molecular flexibility index (Phi) is 6.22. The second kappa shape index (κ2) is 8.67. The zero-order valence-corrected chi connectivity index (χ0v) is 17.2. The summed E-state index contributed by atoms with van der Waals surface area (Å²) in [5.41, 5.74) is 0.0133. The molecule has 0 spiro atoms. The summed E-state index contributed by atoms with van der Waals surface area (Å²) in [6, 6.07) is 9.08. The first kappa shape index (κ1) is 21.5. The first-order valence-electron chi connectivity index (χ1n) is 9.07. The highest BCUT2D eigenvalue weighted by atomic mass is 32.2. The largest absolute Gasteiger partial charge is 0.495 e. The number of nitrogens with zero attached hydrogens (tertiary/aromatic N) is 2. The summed E-state index contributed by atoms with van der Waals surface area (Å²) in [4.78, 5) is 24.5. The molecule has 1 saturated heterocycles. The number of rotatable bonds is 6. The topological polar surface area (TPSA) is 128 Å². The predicted octanol–water partition coefficient (Wildman–Crippen LogP) is 2.27. The van der Waals surface area contributed by atoms with Crippen molar-refractivity contribution in [2.45, 2.75) is 17.9 Å². The third-order valence-electron chi connectivity index (χ3n) is 4.58. The number of morpholine rings is 1. The van der Waals surface area contributed by atoms with Crippen LogP contribution in [0, 0.1) is 10.1 Å². The van der Waals surface area contributed by atoms with E-state index in [-0.39, 0.29) is 34.0 Å². The van der Waals surface area contributed by atoms with Gasteiger partial charge in [-0.05, 0) is 37.3 Å². The van der Waals surface area contributed by atoms with Crippen LogP contribution in [0.1, 0.15) is 17.3 Å². The van der Waals surface area contributed by atoms with Gasteiger partial charge in [0.25, 0.3) is 21.6 Å². The van der Waals surface area contributed by atoms with Gasteiger partial charge in [-0.25, -0.2) is 8.42 Å². The Bertz CT molecular complexity index is 1050. The van der Waals surface area contributed by atoms with Crippen LogP contribution in [0.4, 0.5) is 11.4 Å². The Labute approximate surface area is 173 Å². The molecule has 0 aliphatic carbocycles. The number of hydrogen-bond acceptors (Lipinski definition) is 7. The van der Waals surface area contributed by atoms with E-state index in [9.17, 15) is 23.3 Å². The van der Waals surface area contributed by atoms with E-state index in [1.165, 1.54) is 43.5 Å². The number of methoxy groups -OCH3 is 1. The number of carbonyl (C=O) groups excluding carboxylic acids is 1. The van der Waals surface area contributed by atoms with Gasteiger partial charge >= 0.3 is 0 Å². The fourth-order valence-electron chi connectivity index (χ4n) is 3.06. The van der Waals surface area contributed by atoms with Crippen LogP contribution >= 0.6 is 0 Å². The maximum Gasteiger partial charge on any atom is 0.271 e. The van der Waals surface area contributed by atoms with Crippen molar-refractivity contribution in [2.24, 2.45) is 0 Å². The molecule has 3 rings (SSSR count). The third kappa shape index (κ3) is 4.69. The molecule has 1 aliphatic rings. The number of carbonyl (C=O) groups is 1. The lowest BCUT2D eigenvalue weighted by Crippen LogP contribution is -2.44. The Morgan fingerprint density at radius 3 is 2.57 bits per heavy atom. The van der Waals surface area contributed by atoms with Gasteiger partial charge in [-0.2, -0.15) is 0 Å². The first-order chi connectivity index (χ1) is 14.2. The number of non-ortho nitro benzene ring substituents is 1. The fraction of sp³-hybridized carbons (Fsp3) is 0.316. The van der Waals surface area contributed by atoms with Gasteiger partial charge in [0.15, 0.2) is 0 Å². The van der Waals surface area contributed by atoms with Crippen LogP contribution in [-0.2, 0) is 14.8 Å². The van der Waals surface area contributed by atoms with Crippen LogP contribution in [0.25, 0.3) is 0 Å². The van der Waals surface area contributed by atoms with E-state index in [0.29, 0.717) is 25.3 Å². The average molecular weight is 435 g/mol. The maximum absolute atomic E-state index is 12.7. The normalized spacial score (nSPS) is 16.7. The van der Waals surface area contributed by atoms with Crippen LogP contribution in [-0.4, -0.2) is 57.1 Å². The van der Waals surface area contributed by atoms with E-state index in [1.54, 1.807) is 4.90 Å². The summed E-state index contributed by atoms with van der Waals surface area (Å²) in [6.45, 7) is 3.27. The summed E-state index contributed by atoms with van der Waals surface area (Å²) >= 11 is 0. The quantitative estimate of drug-likeness (QED) is 0.544. The maximum atomic E-state index is 12.7. The van der Waals surface area contributed by atoms with Crippen molar-refractivity contribution in [1.82, 2.24) is 4.90 Å². The number of ether oxygens (including phenoxy) is 2. The van der Waals surface area contributed by atoms with Crippen LogP contribution in [0.3, 0.4) is 0 Å². The summed E-state index contributed by atoms with van der Waals surface area (Å²) in [5, 5.41) is 11.0. The minimum Gasteiger partial charge on any atom is -0.495 e. The van der Waals surface area contributed by atoms with Crippen LogP contribution in [0.2, 0.25) is 0 Å². The van der Waals surface area contributed by atoms with Crippen molar-refractivity contribution in [2.75, 3.05) is 31.5 Å². The lowest BCUT2D eigenvalue weighted by Gasteiger charge is -2.31. The predicted molar refractivity (Wildman–Crippen MR) is 108 cm³/mol. The standard InChI is InChI=1S/C19H21N3O7S/c1-13-12-21(9-10-29-13)19(23)14-3-6-16(7-4-14)30(26,27)20-17-11-15(22(24)25)5-8-18(17)28-2/h3-8,11,13,20H,9-10,12H2,1-2H3. The van der Waals surface area contributed by atoms with E-state index >= 15 is 0 Å². The lowest BCUT2D eigenvalue weighted by atomic mass is 10.2. The number of nitrogens with one attached hydrogen (secondary N) is 1. The molecule has 1 amide bonds. The SMILES string of the molecule is COc1ccc([N+](=O)[O-])cc1NS(=O)(=O)c1ccc(C(=O)N2CCOC(C)C2)cc1. The monoisotopic (exact) mass is 435 g/mol. The zero-order chi connectivity index (χ0) is 21.9. The number of amides is 1. The summed E-state index contributed by atoms with van der Waals surface area (Å²) in [5.74, 6) is -0.0696. The highest BCUT2D eigenvalue weighted by Gasteiger charge is 2.24. The first-order valence-corrected chi connectivity index (χ1v) is 10.6. The number of hydrogen-bond donors (Lipinski definition) is 1. The van der Waals surface area contributed by atoms with Gasteiger partial charge < -0.3 is 14.4 Å². The van der Waals surface area contributed by atoms with Gasteiger partial charge in [0.05, 0.1) is 35.3 Å². The molecule has 1 unspecified atom stereocenters. The minimum atomic E-state index is -4.06. The van der Waals surface area contributed by atoms with E-state index in [2.05, 4.69) is 4.72 Å². The number of nitro groups is 1. The molecule has 0 saturated carbocycles. The molecule has 2 aromatic carbocycles. The molecular weight excluding hydrogens is 414 g/mol. The van der Waals surface area contributed by atoms with Crippen molar-refractivity contribution < 1.29 is 27.6 Å². The number of nitro benzene ring substituents is 1. The molecule has 2 aromatic rings. The van der Waals surface area contributed by atoms with Crippen molar-refractivity contribution >= 4 is 27.3 Å². The van der Waals surface area contributed by atoms with Gasteiger partial charge in [-0.15, -0.1) is 0 Å². The molecule has 1 atom stereocenters. The van der Waals surface area contributed by atoms with Crippen molar-refractivity contribution in [3.8, 4) is 5.75 Å². The Morgan fingerprint density at radius 1 is 1.27 bits per heavy atom. The van der Waals surface area contributed by atoms with Gasteiger partial charge in [0.1, 0.15) is 5.75 Å². The van der Waals surface area contributed by atoms with Crippen molar-refractivity contribution in [1.29, 1.82) is 0 Å².